The van der Waals surface area contributed by atoms with Crippen LogP contribution in [0.2, 0.25) is 0 Å². The van der Waals surface area contributed by atoms with E-state index in [0.29, 0.717) is 22.2 Å². The van der Waals surface area contributed by atoms with Crippen molar-refractivity contribution < 1.29 is 14.3 Å². The number of rotatable bonds is 8. The number of amides is 1. The van der Waals surface area contributed by atoms with Crippen LogP contribution in [0.15, 0.2) is 29.2 Å². The Morgan fingerprint density at radius 2 is 1.96 bits per heavy atom. The van der Waals surface area contributed by atoms with Crippen LogP contribution in [0.25, 0.3) is 6.08 Å². The first kappa shape index (κ1) is 19.7. The van der Waals surface area contributed by atoms with Gasteiger partial charge in [0.25, 0.3) is 5.91 Å². The zero-order valence-electron chi connectivity index (χ0n) is 14.6. The third kappa shape index (κ3) is 5.68. The Morgan fingerprint density at radius 3 is 2.60 bits per heavy atom. The maximum atomic E-state index is 12.5. The molecule has 1 amide bonds. The van der Waals surface area contributed by atoms with Crippen LogP contribution in [0.4, 0.5) is 0 Å². The first-order valence-electron chi connectivity index (χ1n) is 8.46. The van der Waals surface area contributed by atoms with E-state index in [1.807, 2.05) is 18.2 Å². The Labute approximate surface area is 158 Å². The van der Waals surface area contributed by atoms with Crippen LogP contribution in [0.1, 0.15) is 43.7 Å². The lowest BCUT2D eigenvalue weighted by Crippen LogP contribution is -2.29. The molecule has 1 aromatic rings. The van der Waals surface area contributed by atoms with Crippen molar-refractivity contribution in [3.8, 4) is 0 Å². The van der Waals surface area contributed by atoms with Crippen LogP contribution < -0.4 is 0 Å². The molecule has 1 aliphatic heterocycles. The van der Waals surface area contributed by atoms with Gasteiger partial charge in [0.15, 0.2) is 0 Å². The molecule has 4 nitrogen and oxygen atoms in total. The monoisotopic (exact) mass is 377 g/mol. The highest BCUT2D eigenvalue weighted by molar-refractivity contribution is 8.26. The summed E-state index contributed by atoms with van der Waals surface area (Å²) in [6.45, 7) is 2.71. The number of benzene rings is 1. The molecule has 0 aliphatic carbocycles. The molecule has 0 atom stereocenters. The van der Waals surface area contributed by atoms with E-state index < -0.39 is 0 Å². The van der Waals surface area contributed by atoms with Crippen LogP contribution in [0, 0.1) is 0 Å². The number of hydrogen-bond acceptors (Lipinski definition) is 5. The van der Waals surface area contributed by atoms with Gasteiger partial charge in [0.2, 0.25) is 0 Å². The maximum Gasteiger partial charge on any atom is 0.305 e. The van der Waals surface area contributed by atoms with Crippen molar-refractivity contribution >= 4 is 46.3 Å². The van der Waals surface area contributed by atoms with E-state index in [9.17, 15) is 9.59 Å². The molecule has 1 saturated heterocycles. The quantitative estimate of drug-likeness (QED) is 0.294. The number of carbonyl (C=O) groups is 2. The fraction of sp³-hybridized carbons (Fsp3) is 0.421. The minimum Gasteiger partial charge on any atom is -0.469 e. The van der Waals surface area contributed by atoms with E-state index in [1.54, 1.807) is 4.90 Å². The van der Waals surface area contributed by atoms with Crippen LogP contribution in [-0.4, -0.2) is 34.8 Å². The summed E-state index contributed by atoms with van der Waals surface area (Å²) in [5.41, 5.74) is 2.28. The van der Waals surface area contributed by atoms with Crippen molar-refractivity contribution in [3.05, 3.63) is 40.3 Å². The second kappa shape index (κ2) is 9.73. The van der Waals surface area contributed by atoms with E-state index in [2.05, 4.69) is 23.8 Å². The molecule has 0 aromatic heterocycles. The molecule has 2 rings (SSSR count). The van der Waals surface area contributed by atoms with Gasteiger partial charge in [-0.1, -0.05) is 61.6 Å². The molecule has 1 heterocycles. The van der Waals surface area contributed by atoms with Gasteiger partial charge in [-0.2, -0.15) is 0 Å². The van der Waals surface area contributed by atoms with E-state index >= 15 is 0 Å². The number of ether oxygens (including phenoxy) is 1. The highest BCUT2D eigenvalue weighted by atomic mass is 32.2. The predicted octanol–water partition coefficient (Wildman–Crippen LogP) is 4.18. The van der Waals surface area contributed by atoms with Gasteiger partial charge >= 0.3 is 5.97 Å². The number of nitrogens with zero attached hydrogens (tertiary/aromatic N) is 1. The number of esters is 1. The Kier molecular flexibility index (Phi) is 7.65. The molecule has 134 valence electrons. The third-order valence-corrected chi connectivity index (χ3v) is 5.43. The lowest BCUT2D eigenvalue weighted by Gasteiger charge is -2.13. The molecule has 1 aromatic carbocycles. The Balaban J connectivity index is 1.88. The zero-order valence-corrected chi connectivity index (χ0v) is 16.3. The largest absolute Gasteiger partial charge is 0.469 e. The van der Waals surface area contributed by atoms with Gasteiger partial charge in [-0.25, -0.2) is 0 Å². The molecule has 0 radical (unpaired) electrons. The molecule has 0 spiro atoms. The third-order valence-electron chi connectivity index (χ3n) is 4.05. The normalized spacial score (nSPS) is 15.9. The SMILES string of the molecule is CCc1ccc(/C=C2\SC(=S)N(CCCCCC(=O)OC)C2=O)cc1. The summed E-state index contributed by atoms with van der Waals surface area (Å²) < 4.78 is 5.22. The van der Waals surface area contributed by atoms with E-state index in [0.717, 1.165) is 31.2 Å². The number of carbonyl (C=O) groups excluding carboxylic acids is 2. The van der Waals surface area contributed by atoms with E-state index in [1.165, 1.54) is 24.4 Å². The van der Waals surface area contributed by atoms with Crippen molar-refractivity contribution in [1.82, 2.24) is 4.90 Å². The van der Waals surface area contributed by atoms with Crippen molar-refractivity contribution in [3.63, 3.8) is 0 Å². The average molecular weight is 378 g/mol. The topological polar surface area (TPSA) is 46.6 Å². The first-order chi connectivity index (χ1) is 12.0. The molecule has 0 unspecified atom stereocenters. The second-order valence-electron chi connectivity index (χ2n) is 5.82. The molecular weight excluding hydrogens is 354 g/mol. The van der Waals surface area contributed by atoms with Crippen LogP contribution in [-0.2, 0) is 20.7 Å². The summed E-state index contributed by atoms with van der Waals surface area (Å²) in [4.78, 5) is 25.9. The van der Waals surface area contributed by atoms with Gasteiger partial charge in [0.1, 0.15) is 4.32 Å². The summed E-state index contributed by atoms with van der Waals surface area (Å²) in [7, 11) is 1.39. The molecule has 0 bridgehead atoms. The highest BCUT2D eigenvalue weighted by Crippen LogP contribution is 2.32. The second-order valence-corrected chi connectivity index (χ2v) is 7.49. The highest BCUT2D eigenvalue weighted by Gasteiger charge is 2.31. The van der Waals surface area contributed by atoms with Crippen LogP contribution >= 0.6 is 24.0 Å². The Hall–Kier alpha value is -1.66. The molecule has 1 fully saturated rings. The summed E-state index contributed by atoms with van der Waals surface area (Å²) in [6, 6.07) is 8.21. The zero-order chi connectivity index (χ0) is 18.2. The van der Waals surface area contributed by atoms with Gasteiger partial charge in [0.05, 0.1) is 12.0 Å². The summed E-state index contributed by atoms with van der Waals surface area (Å²) >= 11 is 6.70. The minimum absolute atomic E-state index is 0.0254. The smallest absolute Gasteiger partial charge is 0.305 e. The van der Waals surface area contributed by atoms with E-state index in [-0.39, 0.29) is 11.9 Å². The predicted molar refractivity (Wildman–Crippen MR) is 106 cm³/mol. The van der Waals surface area contributed by atoms with Crippen LogP contribution in [0.5, 0.6) is 0 Å². The number of methoxy groups -OCH3 is 1. The maximum absolute atomic E-state index is 12.5. The lowest BCUT2D eigenvalue weighted by molar-refractivity contribution is -0.140. The minimum atomic E-state index is -0.192. The lowest BCUT2D eigenvalue weighted by atomic mass is 10.1. The molecule has 0 N–H and O–H groups in total. The summed E-state index contributed by atoms with van der Waals surface area (Å²) in [6.07, 6.45) is 5.77. The fourth-order valence-electron chi connectivity index (χ4n) is 2.51. The van der Waals surface area contributed by atoms with Gasteiger partial charge in [-0.3, -0.25) is 14.5 Å². The van der Waals surface area contributed by atoms with Gasteiger partial charge in [-0.05, 0) is 36.5 Å². The first-order valence-corrected chi connectivity index (χ1v) is 9.68. The van der Waals surface area contributed by atoms with Crippen LogP contribution in [0.3, 0.4) is 0 Å². The standard InChI is InChI=1S/C19H23NO3S2/c1-3-14-8-10-15(11-9-14)13-16-18(22)20(19(24)25-16)12-6-4-5-7-17(21)23-2/h8-11,13H,3-7,12H2,1-2H3/b16-13-. The summed E-state index contributed by atoms with van der Waals surface area (Å²) in [5, 5.41) is 0. The molecule has 0 saturated carbocycles. The van der Waals surface area contributed by atoms with E-state index in [4.69, 9.17) is 12.2 Å². The van der Waals surface area contributed by atoms with Crippen molar-refractivity contribution in [2.45, 2.75) is 39.0 Å². The molecule has 1 aliphatic rings. The van der Waals surface area contributed by atoms with Crippen molar-refractivity contribution in [2.75, 3.05) is 13.7 Å². The molecular formula is C19H23NO3S2. The Bertz CT molecular complexity index is 668. The summed E-state index contributed by atoms with van der Waals surface area (Å²) in [5.74, 6) is -0.217. The number of thioether (sulfide) groups is 1. The van der Waals surface area contributed by atoms with Gasteiger partial charge in [-0.15, -0.1) is 0 Å². The van der Waals surface area contributed by atoms with Gasteiger partial charge in [0, 0.05) is 13.0 Å². The number of aryl methyl sites for hydroxylation is 1. The fourth-order valence-corrected chi connectivity index (χ4v) is 3.82. The number of unbranched alkanes of at least 4 members (excludes halogenated alkanes) is 2. The Morgan fingerprint density at radius 1 is 1.24 bits per heavy atom. The number of thiocarbonyl (C=S) groups is 1. The van der Waals surface area contributed by atoms with Crippen molar-refractivity contribution in [2.24, 2.45) is 0 Å². The molecule has 25 heavy (non-hydrogen) atoms. The molecule has 6 heteroatoms. The number of hydrogen-bond donors (Lipinski definition) is 0. The van der Waals surface area contributed by atoms with Crippen molar-refractivity contribution in [1.29, 1.82) is 0 Å². The van der Waals surface area contributed by atoms with Gasteiger partial charge < -0.3 is 4.74 Å². The average Bonchev–Trinajstić information content (AvgIpc) is 2.89.